The number of hydrogen-bond acceptors (Lipinski definition) is 2. The van der Waals surface area contributed by atoms with E-state index in [1.807, 2.05) is 30.3 Å². The minimum atomic E-state index is 0.660. The predicted molar refractivity (Wildman–Crippen MR) is 68.4 cm³/mol. The highest BCUT2D eigenvalue weighted by molar-refractivity contribution is 6.30. The maximum absolute atomic E-state index is 5.82. The minimum absolute atomic E-state index is 0.660. The molecule has 1 heterocycles. The lowest BCUT2D eigenvalue weighted by Gasteiger charge is -2.21. The first kappa shape index (κ1) is 11.0. The van der Waals surface area contributed by atoms with Crippen LogP contribution >= 0.6 is 11.6 Å². The second kappa shape index (κ2) is 4.99. The maximum Gasteiger partial charge on any atom is 0.133 e. The average Bonchev–Trinajstić information content (AvgIpc) is 2.34. The monoisotopic (exact) mass is 232 g/mol. The van der Waals surface area contributed by atoms with Crippen molar-refractivity contribution in [3.8, 4) is 0 Å². The molecule has 0 N–H and O–H groups in total. The number of para-hydroxylation sites is 1. The second-order valence-corrected chi connectivity index (χ2v) is 3.85. The normalized spacial score (nSPS) is 10.1. The van der Waals surface area contributed by atoms with Crippen molar-refractivity contribution >= 4 is 23.1 Å². The van der Waals surface area contributed by atoms with Crippen LogP contribution in [0.1, 0.15) is 6.92 Å². The first-order valence-corrected chi connectivity index (χ1v) is 5.63. The van der Waals surface area contributed by atoms with Gasteiger partial charge in [0.25, 0.3) is 0 Å². The van der Waals surface area contributed by atoms with E-state index in [4.69, 9.17) is 11.6 Å². The summed E-state index contributed by atoms with van der Waals surface area (Å²) in [6.07, 6.45) is 1.67. The van der Waals surface area contributed by atoms with Gasteiger partial charge in [0.2, 0.25) is 0 Å². The van der Waals surface area contributed by atoms with Crippen molar-refractivity contribution in [2.75, 3.05) is 11.4 Å². The molecule has 3 heteroatoms. The summed E-state index contributed by atoms with van der Waals surface area (Å²) in [5.41, 5.74) is 1.14. The summed E-state index contributed by atoms with van der Waals surface area (Å²) in [6.45, 7) is 2.97. The number of anilines is 2. The molecule has 2 nitrogen and oxygen atoms in total. The predicted octanol–water partition coefficient (Wildman–Crippen LogP) is 3.89. The lowest BCUT2D eigenvalue weighted by molar-refractivity contribution is 0.990. The maximum atomic E-state index is 5.82. The molecule has 2 aromatic rings. The summed E-state index contributed by atoms with van der Waals surface area (Å²) >= 11 is 5.82. The Morgan fingerprint density at radius 1 is 1.12 bits per heavy atom. The van der Waals surface area contributed by atoms with Gasteiger partial charge in [0.05, 0.1) is 5.02 Å². The SMILES string of the molecule is CCN(c1ccccc1)c1ccc(Cl)cn1. The van der Waals surface area contributed by atoms with Crippen LogP contribution in [0.5, 0.6) is 0 Å². The first-order valence-electron chi connectivity index (χ1n) is 5.25. The van der Waals surface area contributed by atoms with E-state index in [1.165, 1.54) is 0 Å². The molecular formula is C13H13ClN2. The number of nitrogens with zero attached hydrogens (tertiary/aromatic N) is 2. The third-order valence-electron chi connectivity index (χ3n) is 2.37. The van der Waals surface area contributed by atoms with Crippen LogP contribution in [0.15, 0.2) is 48.7 Å². The molecule has 0 aliphatic heterocycles. The first-order chi connectivity index (χ1) is 7.81. The molecule has 0 amide bonds. The van der Waals surface area contributed by atoms with Gasteiger partial charge in [-0.15, -0.1) is 0 Å². The summed E-state index contributed by atoms with van der Waals surface area (Å²) in [5, 5.41) is 0.660. The van der Waals surface area contributed by atoms with Crippen molar-refractivity contribution in [2.24, 2.45) is 0 Å². The Labute approximate surface area is 101 Å². The number of halogens is 1. The van der Waals surface area contributed by atoms with Crippen LogP contribution < -0.4 is 4.90 Å². The highest BCUT2D eigenvalue weighted by Gasteiger charge is 2.07. The van der Waals surface area contributed by atoms with Gasteiger partial charge >= 0.3 is 0 Å². The summed E-state index contributed by atoms with van der Waals surface area (Å²) in [7, 11) is 0. The molecule has 0 aliphatic rings. The van der Waals surface area contributed by atoms with Crippen LogP contribution in [-0.2, 0) is 0 Å². The van der Waals surface area contributed by atoms with Crippen LogP contribution in [0.3, 0.4) is 0 Å². The van der Waals surface area contributed by atoms with Crippen molar-refractivity contribution in [3.63, 3.8) is 0 Å². The van der Waals surface area contributed by atoms with E-state index in [-0.39, 0.29) is 0 Å². The molecule has 0 saturated heterocycles. The molecule has 0 saturated carbocycles. The Hall–Kier alpha value is -1.54. The van der Waals surface area contributed by atoms with Crippen LogP contribution in [0.25, 0.3) is 0 Å². The molecular weight excluding hydrogens is 220 g/mol. The molecule has 1 aromatic heterocycles. The topological polar surface area (TPSA) is 16.1 Å². The second-order valence-electron chi connectivity index (χ2n) is 3.41. The molecule has 0 aliphatic carbocycles. The number of rotatable bonds is 3. The Bertz CT molecular complexity index is 439. The summed E-state index contributed by atoms with van der Waals surface area (Å²) in [5.74, 6) is 0.915. The van der Waals surface area contributed by atoms with E-state index in [0.29, 0.717) is 5.02 Å². The van der Waals surface area contributed by atoms with Crippen LogP contribution in [0, 0.1) is 0 Å². The number of benzene rings is 1. The van der Waals surface area contributed by atoms with Gasteiger partial charge in [-0.2, -0.15) is 0 Å². The molecule has 16 heavy (non-hydrogen) atoms. The number of pyridine rings is 1. The minimum Gasteiger partial charge on any atom is -0.327 e. The quantitative estimate of drug-likeness (QED) is 0.798. The summed E-state index contributed by atoms with van der Waals surface area (Å²) in [6, 6.07) is 14.0. The smallest absolute Gasteiger partial charge is 0.133 e. The van der Waals surface area contributed by atoms with E-state index in [9.17, 15) is 0 Å². The van der Waals surface area contributed by atoms with Crippen molar-refractivity contribution in [2.45, 2.75) is 6.92 Å². The fraction of sp³-hybridized carbons (Fsp3) is 0.154. The van der Waals surface area contributed by atoms with Gasteiger partial charge in [-0.3, -0.25) is 0 Å². The van der Waals surface area contributed by atoms with E-state index in [1.54, 1.807) is 6.20 Å². The van der Waals surface area contributed by atoms with Crippen molar-refractivity contribution in [1.82, 2.24) is 4.98 Å². The Morgan fingerprint density at radius 3 is 2.44 bits per heavy atom. The van der Waals surface area contributed by atoms with Gasteiger partial charge in [0.15, 0.2) is 0 Å². The lowest BCUT2D eigenvalue weighted by Crippen LogP contribution is -2.16. The van der Waals surface area contributed by atoms with Gasteiger partial charge in [0, 0.05) is 18.4 Å². The largest absolute Gasteiger partial charge is 0.327 e. The Balaban J connectivity index is 2.33. The Kier molecular flexibility index (Phi) is 3.42. The fourth-order valence-electron chi connectivity index (χ4n) is 1.61. The zero-order valence-electron chi connectivity index (χ0n) is 9.10. The number of aromatic nitrogens is 1. The van der Waals surface area contributed by atoms with Gasteiger partial charge < -0.3 is 4.90 Å². The van der Waals surface area contributed by atoms with Crippen molar-refractivity contribution in [1.29, 1.82) is 0 Å². The highest BCUT2D eigenvalue weighted by atomic mass is 35.5. The molecule has 0 radical (unpaired) electrons. The van der Waals surface area contributed by atoms with Crippen LogP contribution in [-0.4, -0.2) is 11.5 Å². The van der Waals surface area contributed by atoms with E-state index < -0.39 is 0 Å². The van der Waals surface area contributed by atoms with Crippen LogP contribution in [0.2, 0.25) is 5.02 Å². The summed E-state index contributed by atoms with van der Waals surface area (Å²) < 4.78 is 0. The summed E-state index contributed by atoms with van der Waals surface area (Å²) in [4.78, 5) is 6.46. The van der Waals surface area contributed by atoms with Gasteiger partial charge in [-0.05, 0) is 31.2 Å². The average molecular weight is 233 g/mol. The highest BCUT2D eigenvalue weighted by Crippen LogP contribution is 2.23. The zero-order valence-corrected chi connectivity index (χ0v) is 9.85. The molecule has 1 aromatic carbocycles. The van der Waals surface area contributed by atoms with E-state index in [0.717, 1.165) is 18.1 Å². The molecule has 0 spiro atoms. The van der Waals surface area contributed by atoms with Gasteiger partial charge in [-0.1, -0.05) is 29.8 Å². The zero-order chi connectivity index (χ0) is 11.4. The molecule has 0 bridgehead atoms. The van der Waals surface area contributed by atoms with E-state index in [2.05, 4.69) is 28.9 Å². The fourth-order valence-corrected chi connectivity index (χ4v) is 1.72. The molecule has 0 unspecified atom stereocenters. The molecule has 82 valence electrons. The van der Waals surface area contributed by atoms with Crippen molar-refractivity contribution in [3.05, 3.63) is 53.7 Å². The molecule has 0 atom stereocenters. The third-order valence-corrected chi connectivity index (χ3v) is 2.60. The molecule has 0 fully saturated rings. The van der Waals surface area contributed by atoms with E-state index >= 15 is 0 Å². The number of hydrogen-bond donors (Lipinski definition) is 0. The lowest BCUT2D eigenvalue weighted by atomic mass is 10.3. The standard InChI is InChI=1S/C13H13ClN2/c1-2-16(12-6-4-3-5-7-12)13-9-8-11(14)10-15-13/h3-10H,2H2,1H3. The molecule has 2 rings (SSSR count). The van der Waals surface area contributed by atoms with Crippen LogP contribution in [0.4, 0.5) is 11.5 Å². The van der Waals surface area contributed by atoms with Crippen molar-refractivity contribution < 1.29 is 0 Å². The van der Waals surface area contributed by atoms with Gasteiger partial charge in [-0.25, -0.2) is 4.98 Å². The Morgan fingerprint density at radius 2 is 1.88 bits per heavy atom. The van der Waals surface area contributed by atoms with Gasteiger partial charge in [0.1, 0.15) is 5.82 Å². The third kappa shape index (κ3) is 2.34.